The average Bonchev–Trinajstić information content (AvgIpc) is 2.91. The van der Waals surface area contributed by atoms with Gasteiger partial charge in [0.1, 0.15) is 0 Å². The number of likely N-dealkylation sites (tertiary alicyclic amines) is 2. The van der Waals surface area contributed by atoms with E-state index in [0.717, 1.165) is 75.2 Å². The molecule has 0 bridgehead atoms. The van der Waals surface area contributed by atoms with Gasteiger partial charge in [-0.25, -0.2) is 0 Å². The van der Waals surface area contributed by atoms with Crippen LogP contribution in [0.15, 0.2) is 18.2 Å². The predicted molar refractivity (Wildman–Crippen MR) is 112 cm³/mol. The number of anilines is 1. The number of hydrogen-bond donors (Lipinski definition) is 0. The number of likely N-dealkylation sites (N-methyl/N-ethyl adjacent to an activating group) is 1. The Labute approximate surface area is 168 Å². The molecule has 0 N–H and O–H groups in total. The van der Waals surface area contributed by atoms with E-state index in [2.05, 4.69) is 18.7 Å². The third-order valence-electron chi connectivity index (χ3n) is 6.81. The Kier molecular flexibility index (Phi) is 5.21. The lowest BCUT2D eigenvalue weighted by molar-refractivity contribution is -0.124. The van der Waals surface area contributed by atoms with Gasteiger partial charge in [0.05, 0.1) is 5.41 Å². The highest BCUT2D eigenvalue weighted by atomic mass is 16.2. The van der Waals surface area contributed by atoms with Crippen molar-refractivity contribution in [2.75, 3.05) is 44.7 Å². The summed E-state index contributed by atoms with van der Waals surface area (Å²) in [5.41, 5.74) is 2.35. The molecule has 2 amide bonds. The van der Waals surface area contributed by atoms with Crippen LogP contribution in [0, 0.1) is 5.92 Å². The summed E-state index contributed by atoms with van der Waals surface area (Å²) in [6.45, 7) is 9.16. The van der Waals surface area contributed by atoms with Gasteiger partial charge in [-0.15, -0.1) is 0 Å². The van der Waals surface area contributed by atoms with E-state index in [4.69, 9.17) is 0 Å². The minimum absolute atomic E-state index is 0.122. The Morgan fingerprint density at radius 3 is 2.39 bits per heavy atom. The van der Waals surface area contributed by atoms with Crippen LogP contribution in [0.1, 0.15) is 61.9 Å². The van der Waals surface area contributed by atoms with Crippen molar-refractivity contribution < 1.29 is 9.59 Å². The Morgan fingerprint density at radius 2 is 1.75 bits per heavy atom. The average molecular weight is 384 g/mol. The second kappa shape index (κ2) is 7.51. The Bertz CT molecular complexity index is 759. The van der Waals surface area contributed by atoms with Crippen LogP contribution < -0.4 is 4.90 Å². The lowest BCUT2D eigenvalue weighted by Gasteiger charge is -2.39. The number of amides is 2. The summed E-state index contributed by atoms with van der Waals surface area (Å²) in [7, 11) is 1.88. The first-order valence-electron chi connectivity index (χ1n) is 10.9. The first-order chi connectivity index (χ1) is 13.4. The van der Waals surface area contributed by atoms with Crippen LogP contribution in [0.3, 0.4) is 0 Å². The topological polar surface area (TPSA) is 43.9 Å². The van der Waals surface area contributed by atoms with Crippen LogP contribution in [0.5, 0.6) is 0 Å². The van der Waals surface area contributed by atoms with Crippen LogP contribution in [0.4, 0.5) is 5.69 Å². The summed E-state index contributed by atoms with van der Waals surface area (Å²) in [6, 6.07) is 5.93. The molecule has 0 atom stereocenters. The van der Waals surface area contributed by atoms with Gasteiger partial charge in [-0.05, 0) is 74.9 Å². The largest absolute Gasteiger partial charge is 0.339 e. The van der Waals surface area contributed by atoms with Crippen LogP contribution in [-0.2, 0) is 10.2 Å². The summed E-state index contributed by atoms with van der Waals surface area (Å²) >= 11 is 0. The van der Waals surface area contributed by atoms with Gasteiger partial charge < -0.3 is 14.7 Å². The van der Waals surface area contributed by atoms with Crippen molar-refractivity contribution in [1.29, 1.82) is 0 Å². The highest BCUT2D eigenvalue weighted by Crippen LogP contribution is 2.47. The number of piperidine rings is 2. The fourth-order valence-electron chi connectivity index (χ4n) is 5.29. The second-order valence-corrected chi connectivity index (χ2v) is 9.23. The van der Waals surface area contributed by atoms with Crippen molar-refractivity contribution in [3.63, 3.8) is 0 Å². The molecule has 0 aromatic heterocycles. The van der Waals surface area contributed by atoms with Gasteiger partial charge in [0.2, 0.25) is 5.91 Å². The summed E-state index contributed by atoms with van der Waals surface area (Å²) in [4.78, 5) is 32.5. The van der Waals surface area contributed by atoms with Crippen LogP contribution >= 0.6 is 0 Å². The molecular formula is C23H33N3O2. The Morgan fingerprint density at radius 1 is 1.07 bits per heavy atom. The van der Waals surface area contributed by atoms with Crippen molar-refractivity contribution in [3.8, 4) is 0 Å². The SMILES string of the molecule is CC(C)CN1CCC2(CC1)C(=O)N(C)c1ccc(C(=O)N3CCCCC3)cc12. The van der Waals surface area contributed by atoms with Gasteiger partial charge in [0, 0.05) is 37.9 Å². The number of nitrogens with zero attached hydrogens (tertiary/aromatic N) is 3. The van der Waals surface area contributed by atoms with Crippen LogP contribution in [0.25, 0.3) is 0 Å². The van der Waals surface area contributed by atoms with Crippen molar-refractivity contribution in [3.05, 3.63) is 29.3 Å². The minimum Gasteiger partial charge on any atom is -0.339 e. The highest BCUT2D eigenvalue weighted by molar-refractivity contribution is 6.09. The van der Waals surface area contributed by atoms with E-state index >= 15 is 0 Å². The van der Waals surface area contributed by atoms with E-state index in [1.807, 2.05) is 35.0 Å². The number of fused-ring (bicyclic) bond motifs is 2. The van der Waals surface area contributed by atoms with E-state index in [0.29, 0.717) is 5.92 Å². The molecule has 5 nitrogen and oxygen atoms in total. The standard InChI is InChI=1S/C23H33N3O2/c1-17(2)16-25-13-9-23(10-14-25)19-15-18(7-8-20(19)24(3)22(23)28)21(27)26-11-5-4-6-12-26/h7-8,15,17H,4-6,9-14,16H2,1-3H3. The van der Waals surface area contributed by atoms with Crippen molar-refractivity contribution >= 4 is 17.5 Å². The quantitative estimate of drug-likeness (QED) is 0.805. The maximum absolute atomic E-state index is 13.3. The maximum Gasteiger partial charge on any atom is 0.253 e. The molecule has 0 saturated carbocycles. The molecule has 5 heteroatoms. The van der Waals surface area contributed by atoms with Crippen molar-refractivity contribution in [2.45, 2.75) is 51.4 Å². The smallest absolute Gasteiger partial charge is 0.253 e. The molecule has 152 valence electrons. The summed E-state index contributed by atoms with van der Waals surface area (Å²) in [6.07, 6.45) is 5.08. The monoisotopic (exact) mass is 383 g/mol. The van der Waals surface area contributed by atoms with E-state index < -0.39 is 5.41 Å². The Hall–Kier alpha value is -1.88. The zero-order chi connectivity index (χ0) is 19.9. The molecule has 3 heterocycles. The van der Waals surface area contributed by atoms with Crippen LogP contribution in [-0.4, -0.2) is 61.4 Å². The molecule has 3 aliphatic rings. The molecule has 1 spiro atoms. The molecule has 0 unspecified atom stereocenters. The van der Waals surface area contributed by atoms with E-state index in [1.54, 1.807) is 0 Å². The molecule has 3 aliphatic heterocycles. The lowest BCUT2D eigenvalue weighted by Crippen LogP contribution is -2.48. The summed E-state index contributed by atoms with van der Waals surface area (Å²) in [5, 5.41) is 0. The fraction of sp³-hybridized carbons (Fsp3) is 0.652. The van der Waals surface area contributed by atoms with Crippen LogP contribution in [0.2, 0.25) is 0 Å². The number of carbonyl (C=O) groups excluding carboxylic acids is 2. The number of hydrogen-bond acceptors (Lipinski definition) is 3. The Balaban J connectivity index is 1.61. The molecule has 4 rings (SSSR count). The van der Waals surface area contributed by atoms with E-state index in [-0.39, 0.29) is 11.8 Å². The lowest BCUT2D eigenvalue weighted by atomic mass is 9.73. The molecule has 0 aliphatic carbocycles. The van der Waals surface area contributed by atoms with E-state index in [9.17, 15) is 9.59 Å². The maximum atomic E-state index is 13.3. The van der Waals surface area contributed by atoms with Crippen molar-refractivity contribution in [2.24, 2.45) is 5.92 Å². The molecule has 28 heavy (non-hydrogen) atoms. The first kappa shape index (κ1) is 19.4. The fourth-order valence-corrected chi connectivity index (χ4v) is 5.29. The molecule has 2 saturated heterocycles. The normalized spacial score (nSPS) is 22.2. The van der Waals surface area contributed by atoms with Gasteiger partial charge in [0.25, 0.3) is 5.91 Å². The third-order valence-corrected chi connectivity index (χ3v) is 6.81. The zero-order valence-corrected chi connectivity index (χ0v) is 17.5. The summed E-state index contributed by atoms with van der Waals surface area (Å²) in [5.74, 6) is 0.961. The molecule has 1 aromatic rings. The molecular weight excluding hydrogens is 350 g/mol. The zero-order valence-electron chi connectivity index (χ0n) is 17.5. The number of rotatable bonds is 3. The number of benzene rings is 1. The van der Waals surface area contributed by atoms with Gasteiger partial charge in [0.15, 0.2) is 0 Å². The molecule has 1 aromatic carbocycles. The summed E-state index contributed by atoms with van der Waals surface area (Å²) < 4.78 is 0. The van der Waals surface area contributed by atoms with Crippen molar-refractivity contribution in [1.82, 2.24) is 9.80 Å². The minimum atomic E-state index is -0.449. The van der Waals surface area contributed by atoms with Gasteiger partial charge >= 0.3 is 0 Å². The second-order valence-electron chi connectivity index (χ2n) is 9.23. The third kappa shape index (κ3) is 3.24. The first-order valence-corrected chi connectivity index (χ1v) is 10.9. The van der Waals surface area contributed by atoms with Gasteiger partial charge in [-0.3, -0.25) is 9.59 Å². The molecule has 2 fully saturated rings. The van der Waals surface area contributed by atoms with E-state index in [1.165, 1.54) is 6.42 Å². The van der Waals surface area contributed by atoms with Gasteiger partial charge in [-0.2, -0.15) is 0 Å². The number of carbonyl (C=O) groups is 2. The molecule has 0 radical (unpaired) electrons. The predicted octanol–water partition coefficient (Wildman–Crippen LogP) is 3.28. The van der Waals surface area contributed by atoms with Gasteiger partial charge in [-0.1, -0.05) is 13.8 Å². The highest BCUT2D eigenvalue weighted by Gasteiger charge is 2.51.